The van der Waals surface area contributed by atoms with Crippen LogP contribution in [0.5, 0.6) is 0 Å². The van der Waals surface area contributed by atoms with E-state index >= 15 is 0 Å². The number of methoxy groups -OCH3 is 1. The van der Waals surface area contributed by atoms with E-state index in [1.54, 1.807) is 35.6 Å². The number of hydrogen-bond donors (Lipinski definition) is 3. The second-order valence-corrected chi connectivity index (χ2v) is 12.4. The third-order valence-corrected chi connectivity index (χ3v) is 8.58. The molecule has 0 bridgehead atoms. The fourth-order valence-corrected chi connectivity index (χ4v) is 6.23. The second kappa shape index (κ2) is 15.2. The summed E-state index contributed by atoms with van der Waals surface area (Å²) < 4.78 is 70.4. The Labute approximate surface area is 258 Å². The van der Waals surface area contributed by atoms with E-state index in [0.717, 1.165) is 4.90 Å². The molecule has 16 heteroatoms. The van der Waals surface area contributed by atoms with E-state index in [-0.39, 0.29) is 24.1 Å². The number of hydrogen-bond acceptors (Lipinski definition) is 8. The molecule has 2 aromatic carbocycles. The number of likely N-dealkylation sites (tertiary alicyclic amines) is 1. The van der Waals surface area contributed by atoms with Crippen molar-refractivity contribution >= 4 is 33.8 Å². The number of halogens is 3. The van der Waals surface area contributed by atoms with Gasteiger partial charge in [-0.05, 0) is 29.5 Å². The molecule has 0 unspecified atom stereocenters. The van der Waals surface area contributed by atoms with Crippen LogP contribution in [0.2, 0.25) is 0 Å². The monoisotopic (exact) mass is 655 g/mol. The van der Waals surface area contributed by atoms with E-state index in [1.807, 2.05) is 4.72 Å². The van der Waals surface area contributed by atoms with Crippen LogP contribution in [0.3, 0.4) is 0 Å². The van der Waals surface area contributed by atoms with Gasteiger partial charge in [0.05, 0.1) is 23.8 Å². The average Bonchev–Trinajstić information content (AvgIpc) is 3.46. The van der Waals surface area contributed by atoms with E-state index in [0.29, 0.717) is 18.4 Å². The van der Waals surface area contributed by atoms with E-state index in [2.05, 4.69) is 5.32 Å². The van der Waals surface area contributed by atoms with Gasteiger partial charge in [-0.3, -0.25) is 19.1 Å². The topological polar surface area (TPSA) is 174 Å². The quantitative estimate of drug-likeness (QED) is 0.287. The van der Waals surface area contributed by atoms with Gasteiger partial charge in [0.15, 0.2) is 0 Å². The van der Waals surface area contributed by atoms with Gasteiger partial charge in [-0.1, -0.05) is 61.5 Å². The van der Waals surface area contributed by atoms with Gasteiger partial charge in [0.25, 0.3) is 5.91 Å². The standard InChI is InChI=1S/C29H35F3N4O8S/c1-18(24(44-2)23-9-6-14-36(23)28(40)41)25(37)34-22(15-19-7-4-3-5-8-19)26(38)35-45(42,43)17-21-12-10-20(11-13-21)16-33-27(39)29(30,31)32/h3-5,7-8,10-13,18,22-24H,6,9,14-17H2,1-2H3,(H,33,39)(H,34,37)(H,35,38)(H,40,41)/p-1/t18-,22+,23+,24-/m1/s1. The van der Waals surface area contributed by atoms with Crippen LogP contribution in [0.4, 0.5) is 18.0 Å². The van der Waals surface area contributed by atoms with Crippen molar-refractivity contribution in [2.75, 3.05) is 13.7 Å². The molecular weight excluding hydrogens is 621 g/mol. The lowest BCUT2D eigenvalue weighted by Crippen LogP contribution is -2.55. The van der Waals surface area contributed by atoms with Gasteiger partial charge in [-0.2, -0.15) is 13.2 Å². The number of carboxylic acid groups (broad SMARTS) is 1. The van der Waals surface area contributed by atoms with Gasteiger partial charge in [0, 0.05) is 26.6 Å². The summed E-state index contributed by atoms with van der Waals surface area (Å²) in [7, 11) is -2.97. The molecule has 1 aliphatic heterocycles. The van der Waals surface area contributed by atoms with Gasteiger partial charge in [-0.25, -0.2) is 8.42 Å². The van der Waals surface area contributed by atoms with Crippen molar-refractivity contribution in [2.24, 2.45) is 5.92 Å². The maximum atomic E-state index is 13.3. The number of alkyl halides is 3. The number of rotatable bonds is 13. The van der Waals surface area contributed by atoms with Crippen LogP contribution in [-0.2, 0) is 47.9 Å². The first-order valence-corrected chi connectivity index (χ1v) is 15.6. The Bertz CT molecular complexity index is 1460. The van der Waals surface area contributed by atoms with Crippen molar-refractivity contribution in [1.29, 1.82) is 0 Å². The lowest BCUT2D eigenvalue weighted by molar-refractivity contribution is -0.268. The SMILES string of the molecule is CO[C@H]([C@@H](C)C(=O)N[C@@H](Cc1ccccc1)C(=O)NS(=O)(=O)Cc1ccc(CNC(=O)C(F)(F)F)cc1)[C@@H]1CCCN1C(=O)[O-]. The van der Waals surface area contributed by atoms with Crippen LogP contribution >= 0.6 is 0 Å². The Kier molecular flexibility index (Phi) is 11.9. The van der Waals surface area contributed by atoms with Crippen molar-refractivity contribution in [3.05, 3.63) is 71.3 Å². The zero-order chi connectivity index (χ0) is 33.4. The number of ether oxygens (including phenoxy) is 1. The first-order valence-electron chi connectivity index (χ1n) is 13.9. The summed E-state index contributed by atoms with van der Waals surface area (Å²) in [5, 5.41) is 15.9. The van der Waals surface area contributed by atoms with Crippen molar-refractivity contribution in [3.63, 3.8) is 0 Å². The number of amides is 4. The molecule has 4 atom stereocenters. The van der Waals surface area contributed by atoms with Crippen LogP contribution in [-0.4, -0.2) is 75.2 Å². The summed E-state index contributed by atoms with van der Waals surface area (Å²) in [4.78, 5) is 50.3. The minimum atomic E-state index is -5.04. The number of sulfonamides is 1. The van der Waals surface area contributed by atoms with Crippen LogP contribution < -0.4 is 20.5 Å². The molecule has 0 radical (unpaired) electrons. The molecule has 12 nitrogen and oxygen atoms in total. The van der Waals surface area contributed by atoms with Crippen LogP contribution in [0.25, 0.3) is 0 Å². The Balaban J connectivity index is 1.70. The summed E-state index contributed by atoms with van der Waals surface area (Å²) in [5.41, 5.74) is 1.11. The molecule has 0 aromatic heterocycles. The first kappa shape index (κ1) is 35.3. The number of nitrogens with one attached hydrogen (secondary N) is 3. The highest BCUT2D eigenvalue weighted by atomic mass is 32.2. The Morgan fingerprint density at radius 2 is 1.62 bits per heavy atom. The van der Waals surface area contributed by atoms with Crippen LogP contribution in [0.1, 0.15) is 36.5 Å². The average molecular weight is 656 g/mol. The Hall–Kier alpha value is -4.18. The van der Waals surface area contributed by atoms with Gasteiger partial charge in [0.1, 0.15) is 12.1 Å². The van der Waals surface area contributed by atoms with Crippen LogP contribution in [0.15, 0.2) is 54.6 Å². The molecule has 3 rings (SSSR count). The van der Waals surface area contributed by atoms with E-state index < -0.39 is 76.4 Å². The summed E-state index contributed by atoms with van der Waals surface area (Å²) in [6.45, 7) is 1.31. The zero-order valence-electron chi connectivity index (χ0n) is 24.5. The smallest absolute Gasteiger partial charge is 0.471 e. The normalized spacial score (nSPS) is 17.2. The third kappa shape index (κ3) is 10.2. The van der Waals surface area contributed by atoms with E-state index in [1.165, 1.54) is 38.3 Å². The Morgan fingerprint density at radius 3 is 2.20 bits per heavy atom. The molecule has 0 aliphatic carbocycles. The lowest BCUT2D eigenvalue weighted by atomic mass is 9.94. The molecule has 4 amide bonds. The van der Waals surface area contributed by atoms with E-state index in [4.69, 9.17) is 4.74 Å². The lowest BCUT2D eigenvalue weighted by Gasteiger charge is -2.35. The number of carbonyl (C=O) groups excluding carboxylic acids is 4. The van der Waals surface area contributed by atoms with Crippen molar-refractivity contribution < 1.29 is 50.6 Å². The summed E-state index contributed by atoms with van der Waals surface area (Å²) in [6, 6.07) is 11.9. The van der Waals surface area contributed by atoms with Gasteiger partial charge < -0.3 is 30.2 Å². The maximum absolute atomic E-state index is 13.3. The van der Waals surface area contributed by atoms with Gasteiger partial charge >= 0.3 is 12.1 Å². The molecule has 0 saturated carbocycles. The molecule has 1 saturated heterocycles. The molecule has 1 aliphatic rings. The molecule has 45 heavy (non-hydrogen) atoms. The highest BCUT2D eigenvalue weighted by Gasteiger charge is 2.39. The number of nitrogens with zero attached hydrogens (tertiary/aromatic N) is 1. The minimum absolute atomic E-state index is 0.0642. The summed E-state index contributed by atoms with van der Waals surface area (Å²) in [5.74, 6) is -5.38. The van der Waals surface area contributed by atoms with Crippen molar-refractivity contribution in [3.8, 4) is 0 Å². The zero-order valence-corrected chi connectivity index (χ0v) is 25.3. The van der Waals surface area contributed by atoms with Crippen LogP contribution in [0, 0.1) is 5.92 Å². The van der Waals surface area contributed by atoms with Gasteiger partial charge in [0.2, 0.25) is 15.9 Å². The molecule has 2 aromatic rings. The molecular formula is C29H34F3N4O8S-. The second-order valence-electron chi connectivity index (χ2n) is 10.6. The number of benzene rings is 2. The minimum Gasteiger partial charge on any atom is -0.530 e. The number of carbonyl (C=O) groups is 4. The first-order chi connectivity index (χ1) is 21.1. The summed E-state index contributed by atoms with van der Waals surface area (Å²) in [6.07, 6.45) is -6.35. The van der Waals surface area contributed by atoms with E-state index in [9.17, 15) is 45.9 Å². The predicted molar refractivity (Wildman–Crippen MR) is 152 cm³/mol. The maximum Gasteiger partial charge on any atom is 0.471 e. The third-order valence-electron chi connectivity index (χ3n) is 7.35. The highest BCUT2D eigenvalue weighted by molar-refractivity contribution is 7.89. The Morgan fingerprint density at radius 1 is 1.00 bits per heavy atom. The highest BCUT2D eigenvalue weighted by Crippen LogP contribution is 2.26. The van der Waals surface area contributed by atoms with Crippen molar-refractivity contribution in [1.82, 2.24) is 20.3 Å². The molecule has 3 N–H and O–H groups in total. The summed E-state index contributed by atoms with van der Waals surface area (Å²) >= 11 is 0. The fraction of sp³-hybridized carbons (Fsp3) is 0.448. The largest absolute Gasteiger partial charge is 0.530 e. The molecule has 1 fully saturated rings. The molecule has 1 heterocycles. The predicted octanol–water partition coefficient (Wildman–Crippen LogP) is 0.997. The molecule has 0 spiro atoms. The fourth-order valence-electron chi connectivity index (χ4n) is 5.08. The molecule has 246 valence electrons. The van der Waals surface area contributed by atoms with Crippen molar-refractivity contribution in [2.45, 2.75) is 62.8 Å². The van der Waals surface area contributed by atoms with Gasteiger partial charge in [-0.15, -0.1) is 0 Å².